The van der Waals surface area contributed by atoms with Gasteiger partial charge in [0.25, 0.3) is 5.91 Å². The molecule has 92 valence electrons. The zero-order valence-corrected chi connectivity index (χ0v) is 10.5. The average molecular weight is 234 g/mol. The molecule has 4 nitrogen and oxygen atoms in total. The standard InChI is InChI=1S/C13H18N2O2/c1-9-4-5-12(6-14-9)13(16)15-10(2)7-17-8-11(15)3/h4-6,10-11H,7-8H2,1-3H3. The summed E-state index contributed by atoms with van der Waals surface area (Å²) in [6.07, 6.45) is 1.65. The number of morpholine rings is 1. The summed E-state index contributed by atoms with van der Waals surface area (Å²) >= 11 is 0. The van der Waals surface area contributed by atoms with Crippen molar-refractivity contribution in [1.82, 2.24) is 9.88 Å². The Morgan fingerprint density at radius 2 is 2.00 bits per heavy atom. The summed E-state index contributed by atoms with van der Waals surface area (Å²) in [6, 6.07) is 3.93. The van der Waals surface area contributed by atoms with Crippen molar-refractivity contribution in [2.24, 2.45) is 0 Å². The van der Waals surface area contributed by atoms with E-state index in [0.29, 0.717) is 18.8 Å². The summed E-state index contributed by atoms with van der Waals surface area (Å²) in [6.45, 7) is 7.14. The maximum absolute atomic E-state index is 12.4. The fourth-order valence-corrected chi connectivity index (χ4v) is 2.15. The van der Waals surface area contributed by atoms with Gasteiger partial charge in [0.1, 0.15) is 0 Å². The van der Waals surface area contributed by atoms with Crippen LogP contribution in [0.4, 0.5) is 0 Å². The number of ether oxygens (including phenoxy) is 1. The van der Waals surface area contributed by atoms with Crippen molar-refractivity contribution in [1.29, 1.82) is 0 Å². The molecule has 0 saturated carbocycles. The van der Waals surface area contributed by atoms with Gasteiger partial charge in [0.05, 0.1) is 30.9 Å². The molecule has 0 radical (unpaired) electrons. The second kappa shape index (κ2) is 4.84. The van der Waals surface area contributed by atoms with Crippen LogP contribution in [0.1, 0.15) is 29.9 Å². The van der Waals surface area contributed by atoms with E-state index < -0.39 is 0 Å². The molecule has 1 aromatic heterocycles. The molecule has 1 fully saturated rings. The first kappa shape index (κ1) is 12.0. The molecule has 17 heavy (non-hydrogen) atoms. The largest absolute Gasteiger partial charge is 0.377 e. The molecule has 4 heteroatoms. The van der Waals surface area contributed by atoms with E-state index in [-0.39, 0.29) is 18.0 Å². The number of hydrogen-bond acceptors (Lipinski definition) is 3. The Morgan fingerprint density at radius 3 is 2.53 bits per heavy atom. The number of pyridine rings is 1. The normalized spacial score (nSPS) is 24.8. The summed E-state index contributed by atoms with van der Waals surface area (Å²) in [5.74, 6) is 0.0424. The summed E-state index contributed by atoms with van der Waals surface area (Å²) in [4.78, 5) is 18.4. The minimum atomic E-state index is 0.0424. The van der Waals surface area contributed by atoms with E-state index >= 15 is 0 Å². The first-order valence-corrected chi connectivity index (χ1v) is 5.92. The fraction of sp³-hybridized carbons (Fsp3) is 0.538. The van der Waals surface area contributed by atoms with E-state index in [1.54, 1.807) is 6.20 Å². The molecule has 0 spiro atoms. The van der Waals surface area contributed by atoms with Gasteiger partial charge >= 0.3 is 0 Å². The lowest BCUT2D eigenvalue weighted by molar-refractivity contribution is -0.0249. The maximum atomic E-state index is 12.4. The SMILES string of the molecule is Cc1ccc(C(=O)N2C(C)COCC2C)cn1. The second-order valence-corrected chi connectivity index (χ2v) is 4.64. The van der Waals surface area contributed by atoms with Gasteiger partial charge in [-0.3, -0.25) is 9.78 Å². The van der Waals surface area contributed by atoms with Gasteiger partial charge in [-0.25, -0.2) is 0 Å². The molecule has 1 amide bonds. The van der Waals surface area contributed by atoms with Gasteiger partial charge in [-0.2, -0.15) is 0 Å². The van der Waals surface area contributed by atoms with Gasteiger partial charge in [0.15, 0.2) is 0 Å². The molecular weight excluding hydrogens is 216 g/mol. The van der Waals surface area contributed by atoms with Crippen molar-refractivity contribution in [3.63, 3.8) is 0 Å². The van der Waals surface area contributed by atoms with Crippen molar-refractivity contribution in [2.45, 2.75) is 32.9 Å². The quantitative estimate of drug-likeness (QED) is 0.742. The third kappa shape index (κ3) is 2.47. The second-order valence-electron chi connectivity index (χ2n) is 4.64. The lowest BCUT2D eigenvalue weighted by atomic mass is 10.1. The highest BCUT2D eigenvalue weighted by atomic mass is 16.5. The molecule has 1 aliphatic rings. The van der Waals surface area contributed by atoms with Gasteiger partial charge in [-0.15, -0.1) is 0 Å². The predicted molar refractivity (Wildman–Crippen MR) is 64.9 cm³/mol. The molecule has 0 N–H and O–H groups in total. The molecule has 2 atom stereocenters. The van der Waals surface area contributed by atoms with Gasteiger partial charge in [-0.05, 0) is 32.9 Å². The predicted octanol–water partition coefficient (Wildman–Crippen LogP) is 1.64. The van der Waals surface area contributed by atoms with Crippen molar-refractivity contribution >= 4 is 5.91 Å². The maximum Gasteiger partial charge on any atom is 0.256 e. The van der Waals surface area contributed by atoms with Crippen LogP contribution in [-0.4, -0.2) is 41.1 Å². The Kier molecular flexibility index (Phi) is 3.43. The topological polar surface area (TPSA) is 42.4 Å². The first-order chi connectivity index (χ1) is 8.09. The highest BCUT2D eigenvalue weighted by Crippen LogP contribution is 2.16. The number of amides is 1. The van der Waals surface area contributed by atoms with E-state index in [0.717, 1.165) is 5.69 Å². The Hall–Kier alpha value is -1.42. The van der Waals surface area contributed by atoms with Crippen molar-refractivity contribution in [3.8, 4) is 0 Å². The van der Waals surface area contributed by atoms with E-state index in [1.165, 1.54) is 0 Å². The number of aryl methyl sites for hydroxylation is 1. The zero-order chi connectivity index (χ0) is 12.4. The Morgan fingerprint density at radius 1 is 1.35 bits per heavy atom. The highest BCUT2D eigenvalue weighted by Gasteiger charge is 2.30. The smallest absolute Gasteiger partial charge is 0.256 e. The van der Waals surface area contributed by atoms with Gasteiger partial charge in [0, 0.05) is 11.9 Å². The van der Waals surface area contributed by atoms with Crippen molar-refractivity contribution in [2.75, 3.05) is 13.2 Å². The number of rotatable bonds is 1. The van der Waals surface area contributed by atoms with Crippen LogP contribution in [0.3, 0.4) is 0 Å². The van der Waals surface area contributed by atoms with E-state index in [9.17, 15) is 4.79 Å². The lowest BCUT2D eigenvalue weighted by Crippen LogP contribution is -2.52. The monoisotopic (exact) mass is 234 g/mol. The molecule has 1 saturated heterocycles. The van der Waals surface area contributed by atoms with Crippen LogP contribution < -0.4 is 0 Å². The number of carbonyl (C=O) groups excluding carboxylic acids is 1. The molecule has 2 rings (SSSR count). The van der Waals surface area contributed by atoms with Crippen LogP contribution in [0.2, 0.25) is 0 Å². The Labute approximate surface area is 102 Å². The number of aromatic nitrogens is 1. The third-order valence-electron chi connectivity index (χ3n) is 3.06. The molecule has 0 aliphatic carbocycles. The van der Waals surface area contributed by atoms with Gasteiger partial charge in [0.2, 0.25) is 0 Å². The minimum absolute atomic E-state index is 0.0424. The highest BCUT2D eigenvalue weighted by molar-refractivity contribution is 5.94. The molecule has 2 heterocycles. The molecule has 1 aliphatic heterocycles. The Bertz CT molecular complexity index is 392. The molecule has 0 aromatic carbocycles. The number of hydrogen-bond donors (Lipinski definition) is 0. The van der Waals surface area contributed by atoms with E-state index in [2.05, 4.69) is 4.98 Å². The fourth-order valence-electron chi connectivity index (χ4n) is 2.15. The summed E-state index contributed by atoms with van der Waals surface area (Å²) in [5, 5.41) is 0. The Balaban J connectivity index is 2.20. The molecule has 0 bridgehead atoms. The van der Waals surface area contributed by atoms with Crippen molar-refractivity contribution in [3.05, 3.63) is 29.6 Å². The summed E-state index contributed by atoms with van der Waals surface area (Å²) < 4.78 is 5.42. The number of carbonyl (C=O) groups is 1. The third-order valence-corrected chi connectivity index (χ3v) is 3.06. The van der Waals surface area contributed by atoms with Crippen molar-refractivity contribution < 1.29 is 9.53 Å². The van der Waals surface area contributed by atoms with Crippen LogP contribution in [0.5, 0.6) is 0 Å². The zero-order valence-electron chi connectivity index (χ0n) is 10.5. The van der Waals surface area contributed by atoms with Gasteiger partial charge < -0.3 is 9.64 Å². The van der Waals surface area contributed by atoms with Gasteiger partial charge in [-0.1, -0.05) is 0 Å². The molecule has 2 unspecified atom stereocenters. The average Bonchev–Trinajstić information content (AvgIpc) is 2.29. The lowest BCUT2D eigenvalue weighted by Gasteiger charge is -2.38. The first-order valence-electron chi connectivity index (χ1n) is 5.92. The number of nitrogens with zero attached hydrogens (tertiary/aromatic N) is 2. The minimum Gasteiger partial charge on any atom is -0.377 e. The summed E-state index contributed by atoms with van der Waals surface area (Å²) in [7, 11) is 0. The van der Waals surface area contributed by atoms with Crippen LogP contribution in [0.25, 0.3) is 0 Å². The van der Waals surface area contributed by atoms with Crippen LogP contribution in [0, 0.1) is 6.92 Å². The van der Waals surface area contributed by atoms with Crippen LogP contribution in [-0.2, 0) is 4.74 Å². The van der Waals surface area contributed by atoms with Crippen LogP contribution >= 0.6 is 0 Å². The van der Waals surface area contributed by atoms with Crippen LogP contribution in [0.15, 0.2) is 18.3 Å². The molecule has 1 aromatic rings. The van der Waals surface area contributed by atoms with E-state index in [4.69, 9.17) is 4.74 Å². The summed E-state index contributed by atoms with van der Waals surface area (Å²) in [5.41, 5.74) is 1.57. The van der Waals surface area contributed by atoms with E-state index in [1.807, 2.05) is 37.8 Å². The molecular formula is C13H18N2O2.